The van der Waals surface area contributed by atoms with Gasteiger partial charge in [-0.2, -0.15) is 0 Å². The Bertz CT molecular complexity index is 106. The Kier molecular flexibility index (Phi) is 5.16. The number of hydrogen-bond donors (Lipinski definition) is 2. The molecule has 0 aromatic carbocycles. The maximum absolute atomic E-state index is 8.99. The third-order valence-corrected chi connectivity index (χ3v) is 2.04. The lowest BCUT2D eigenvalue weighted by molar-refractivity contribution is 0.0903. The molecule has 0 aromatic rings. The van der Waals surface area contributed by atoms with Crippen molar-refractivity contribution in [2.45, 2.75) is 26.7 Å². The lowest BCUT2D eigenvalue weighted by atomic mass is 9.86. The van der Waals surface area contributed by atoms with Crippen molar-refractivity contribution in [2.75, 3.05) is 13.2 Å². The van der Waals surface area contributed by atoms with Gasteiger partial charge in [0.25, 0.3) is 0 Å². The summed E-state index contributed by atoms with van der Waals surface area (Å²) in [5.41, 5.74) is -0.393. The second-order valence-corrected chi connectivity index (χ2v) is 2.84. The van der Waals surface area contributed by atoms with Crippen LogP contribution in [0.4, 0.5) is 0 Å². The van der Waals surface area contributed by atoms with Gasteiger partial charge in [-0.15, -0.1) is 0 Å². The van der Waals surface area contributed by atoms with E-state index >= 15 is 0 Å². The Morgan fingerprint density at radius 3 is 2.00 bits per heavy atom. The standard InChI is InChI=1S/C9H18O2/c1-3-5-6-9(4-2,7-10)8-11/h5-6,10-11H,3-4,7-8H2,1-2H3. The fourth-order valence-electron chi connectivity index (χ4n) is 0.865. The van der Waals surface area contributed by atoms with Crippen LogP contribution in [0, 0.1) is 5.41 Å². The summed E-state index contributed by atoms with van der Waals surface area (Å²) in [6.07, 6.45) is 5.61. The van der Waals surface area contributed by atoms with E-state index in [1.54, 1.807) is 0 Å². The highest BCUT2D eigenvalue weighted by molar-refractivity contribution is 4.98. The van der Waals surface area contributed by atoms with Crippen molar-refractivity contribution in [3.05, 3.63) is 12.2 Å². The number of rotatable bonds is 5. The number of hydrogen-bond acceptors (Lipinski definition) is 2. The Balaban J connectivity index is 4.16. The first kappa shape index (κ1) is 10.7. The second-order valence-electron chi connectivity index (χ2n) is 2.84. The van der Waals surface area contributed by atoms with Crippen LogP contribution in [0.15, 0.2) is 12.2 Å². The summed E-state index contributed by atoms with van der Waals surface area (Å²) in [6, 6.07) is 0. The minimum atomic E-state index is -0.393. The summed E-state index contributed by atoms with van der Waals surface area (Å²) in [5.74, 6) is 0. The number of aliphatic hydroxyl groups excluding tert-OH is 2. The SMILES string of the molecule is CCC=CC(CC)(CO)CO. The van der Waals surface area contributed by atoms with Gasteiger partial charge in [0.05, 0.1) is 13.2 Å². The van der Waals surface area contributed by atoms with Crippen LogP contribution in [0.25, 0.3) is 0 Å². The van der Waals surface area contributed by atoms with E-state index in [-0.39, 0.29) is 13.2 Å². The first-order chi connectivity index (χ1) is 5.24. The van der Waals surface area contributed by atoms with E-state index in [9.17, 15) is 0 Å². The Labute approximate surface area is 68.6 Å². The van der Waals surface area contributed by atoms with Crippen molar-refractivity contribution in [1.29, 1.82) is 0 Å². The van der Waals surface area contributed by atoms with Crippen molar-refractivity contribution in [2.24, 2.45) is 5.41 Å². The van der Waals surface area contributed by atoms with Crippen molar-refractivity contribution in [3.63, 3.8) is 0 Å². The molecule has 0 saturated heterocycles. The lowest BCUT2D eigenvalue weighted by Gasteiger charge is -2.23. The average Bonchev–Trinajstić information content (AvgIpc) is 2.08. The van der Waals surface area contributed by atoms with Crippen LogP contribution in [-0.2, 0) is 0 Å². The first-order valence-electron chi connectivity index (χ1n) is 4.14. The van der Waals surface area contributed by atoms with Gasteiger partial charge in [0.2, 0.25) is 0 Å². The van der Waals surface area contributed by atoms with Crippen LogP contribution in [0.2, 0.25) is 0 Å². The molecule has 0 spiro atoms. The van der Waals surface area contributed by atoms with E-state index in [2.05, 4.69) is 0 Å². The lowest BCUT2D eigenvalue weighted by Crippen LogP contribution is -2.26. The predicted molar refractivity (Wildman–Crippen MR) is 46.3 cm³/mol. The topological polar surface area (TPSA) is 40.5 Å². The molecule has 0 heterocycles. The fraction of sp³-hybridized carbons (Fsp3) is 0.778. The van der Waals surface area contributed by atoms with Gasteiger partial charge in [0.1, 0.15) is 0 Å². The molecule has 0 amide bonds. The molecule has 66 valence electrons. The molecule has 0 bridgehead atoms. The normalized spacial score (nSPS) is 12.7. The summed E-state index contributed by atoms with van der Waals surface area (Å²) >= 11 is 0. The summed E-state index contributed by atoms with van der Waals surface area (Å²) < 4.78 is 0. The van der Waals surface area contributed by atoms with Crippen LogP contribution < -0.4 is 0 Å². The first-order valence-corrected chi connectivity index (χ1v) is 4.14. The molecule has 0 unspecified atom stereocenters. The third-order valence-electron chi connectivity index (χ3n) is 2.04. The van der Waals surface area contributed by atoms with Gasteiger partial charge in [-0.1, -0.05) is 26.0 Å². The highest BCUT2D eigenvalue weighted by Gasteiger charge is 2.22. The zero-order valence-electron chi connectivity index (χ0n) is 7.38. The maximum Gasteiger partial charge on any atom is 0.0544 e. The largest absolute Gasteiger partial charge is 0.395 e. The maximum atomic E-state index is 8.99. The Morgan fingerprint density at radius 1 is 1.18 bits per heavy atom. The van der Waals surface area contributed by atoms with Gasteiger partial charge in [-0.25, -0.2) is 0 Å². The van der Waals surface area contributed by atoms with E-state index in [0.29, 0.717) is 0 Å². The quantitative estimate of drug-likeness (QED) is 0.593. The highest BCUT2D eigenvalue weighted by Crippen LogP contribution is 2.22. The zero-order chi connectivity index (χ0) is 8.74. The summed E-state index contributed by atoms with van der Waals surface area (Å²) in [4.78, 5) is 0. The van der Waals surface area contributed by atoms with Gasteiger partial charge in [-0.05, 0) is 12.8 Å². The summed E-state index contributed by atoms with van der Waals surface area (Å²) in [6.45, 7) is 4.05. The molecule has 0 fully saturated rings. The van der Waals surface area contributed by atoms with Crippen molar-refractivity contribution in [1.82, 2.24) is 0 Å². The Morgan fingerprint density at radius 2 is 1.73 bits per heavy atom. The van der Waals surface area contributed by atoms with Crippen LogP contribution in [-0.4, -0.2) is 23.4 Å². The van der Waals surface area contributed by atoms with E-state index in [0.717, 1.165) is 12.8 Å². The second kappa shape index (κ2) is 5.33. The molecule has 0 aromatic heterocycles. The smallest absolute Gasteiger partial charge is 0.0544 e. The molecule has 11 heavy (non-hydrogen) atoms. The molecular formula is C9H18O2. The van der Waals surface area contributed by atoms with E-state index in [1.165, 1.54) is 0 Å². The van der Waals surface area contributed by atoms with E-state index < -0.39 is 5.41 Å². The van der Waals surface area contributed by atoms with Crippen LogP contribution in [0.1, 0.15) is 26.7 Å². The molecule has 0 rings (SSSR count). The summed E-state index contributed by atoms with van der Waals surface area (Å²) in [5, 5.41) is 18.0. The van der Waals surface area contributed by atoms with Crippen molar-refractivity contribution >= 4 is 0 Å². The molecule has 0 aliphatic heterocycles. The van der Waals surface area contributed by atoms with Crippen molar-refractivity contribution in [3.8, 4) is 0 Å². The third kappa shape index (κ3) is 3.04. The molecule has 2 N–H and O–H groups in total. The van der Waals surface area contributed by atoms with Crippen LogP contribution in [0.5, 0.6) is 0 Å². The number of allylic oxidation sites excluding steroid dienone is 1. The monoisotopic (exact) mass is 158 g/mol. The minimum Gasteiger partial charge on any atom is -0.395 e. The molecule has 0 aliphatic carbocycles. The van der Waals surface area contributed by atoms with Gasteiger partial charge in [-0.3, -0.25) is 0 Å². The molecule has 2 nitrogen and oxygen atoms in total. The van der Waals surface area contributed by atoms with Gasteiger partial charge in [0, 0.05) is 5.41 Å². The van der Waals surface area contributed by atoms with Crippen LogP contribution >= 0.6 is 0 Å². The summed E-state index contributed by atoms with van der Waals surface area (Å²) in [7, 11) is 0. The Hall–Kier alpha value is -0.340. The molecule has 0 saturated carbocycles. The molecule has 2 heteroatoms. The molecular weight excluding hydrogens is 140 g/mol. The average molecular weight is 158 g/mol. The zero-order valence-corrected chi connectivity index (χ0v) is 7.38. The molecule has 0 atom stereocenters. The molecule has 0 radical (unpaired) electrons. The minimum absolute atomic E-state index is 0.0243. The fourth-order valence-corrected chi connectivity index (χ4v) is 0.865. The van der Waals surface area contributed by atoms with Crippen LogP contribution in [0.3, 0.4) is 0 Å². The van der Waals surface area contributed by atoms with Gasteiger partial charge < -0.3 is 10.2 Å². The van der Waals surface area contributed by atoms with Crippen molar-refractivity contribution < 1.29 is 10.2 Å². The number of aliphatic hydroxyl groups is 2. The van der Waals surface area contributed by atoms with Gasteiger partial charge in [0.15, 0.2) is 0 Å². The predicted octanol–water partition coefficient (Wildman–Crippen LogP) is 1.33. The van der Waals surface area contributed by atoms with E-state index in [1.807, 2.05) is 26.0 Å². The van der Waals surface area contributed by atoms with E-state index in [4.69, 9.17) is 10.2 Å². The molecule has 0 aliphatic rings. The van der Waals surface area contributed by atoms with Gasteiger partial charge >= 0.3 is 0 Å². The highest BCUT2D eigenvalue weighted by atomic mass is 16.3.